The largest absolute Gasteiger partial charge is 0.370 e. The Morgan fingerprint density at radius 3 is 2.52 bits per heavy atom. The number of nitrogens with two attached hydrogens (primary N) is 1. The highest BCUT2D eigenvalue weighted by atomic mass is 127. The van der Waals surface area contributed by atoms with Crippen molar-refractivity contribution in [2.24, 2.45) is 10.7 Å². The van der Waals surface area contributed by atoms with Gasteiger partial charge in [0.05, 0.1) is 0 Å². The van der Waals surface area contributed by atoms with Crippen LogP contribution >= 0.6 is 35.6 Å². The minimum absolute atomic E-state index is 0. The fourth-order valence-corrected chi connectivity index (χ4v) is 2.89. The first-order valence-electron chi connectivity index (χ1n) is 8.09. The molecule has 1 aliphatic rings. The van der Waals surface area contributed by atoms with Gasteiger partial charge in [0.1, 0.15) is 12.9 Å². The van der Waals surface area contributed by atoms with E-state index in [-0.39, 0.29) is 24.0 Å². The van der Waals surface area contributed by atoms with Gasteiger partial charge in [-0.2, -0.15) is 0 Å². The first-order valence-corrected chi connectivity index (χ1v) is 8.47. The molecule has 1 fully saturated rings. The lowest BCUT2D eigenvalue weighted by molar-refractivity contribution is 0.380. The van der Waals surface area contributed by atoms with Gasteiger partial charge in [-0.3, -0.25) is 0 Å². The minimum atomic E-state index is 0. The molecule has 1 aliphatic heterocycles. The second-order valence-electron chi connectivity index (χ2n) is 5.66. The molecule has 0 unspecified atom stereocenters. The standard InChI is InChI=1S/C16H22ClN7.HI/c1-2-22-12-20-21-15(22)11-19-16(18)24-9-7-23(8-10-24)14-5-3-13(17)4-6-14;/h3-6,12H,2,7-11H2,1H3,(H2,18,19);1H. The van der Waals surface area contributed by atoms with Gasteiger partial charge in [0.25, 0.3) is 0 Å². The highest BCUT2D eigenvalue weighted by molar-refractivity contribution is 14.0. The van der Waals surface area contributed by atoms with Crippen LogP contribution in [0, 0.1) is 0 Å². The zero-order chi connectivity index (χ0) is 16.9. The third-order valence-corrected chi connectivity index (χ3v) is 4.47. The van der Waals surface area contributed by atoms with Crippen LogP contribution < -0.4 is 10.6 Å². The van der Waals surface area contributed by atoms with Crippen LogP contribution in [0.2, 0.25) is 5.02 Å². The summed E-state index contributed by atoms with van der Waals surface area (Å²) in [6.07, 6.45) is 1.71. The SMILES string of the molecule is CCn1cnnc1CN=C(N)N1CCN(c2ccc(Cl)cc2)CC1.I. The minimum Gasteiger partial charge on any atom is -0.370 e. The highest BCUT2D eigenvalue weighted by Gasteiger charge is 2.18. The second-order valence-corrected chi connectivity index (χ2v) is 6.09. The summed E-state index contributed by atoms with van der Waals surface area (Å²) in [6.45, 7) is 6.84. The van der Waals surface area contributed by atoms with Crippen LogP contribution in [0.1, 0.15) is 12.7 Å². The molecular formula is C16H23ClIN7. The number of nitrogens with zero attached hydrogens (tertiary/aromatic N) is 6. The average molecular weight is 476 g/mol. The van der Waals surface area contributed by atoms with Gasteiger partial charge in [0.15, 0.2) is 11.8 Å². The molecule has 25 heavy (non-hydrogen) atoms. The summed E-state index contributed by atoms with van der Waals surface area (Å²) >= 11 is 5.94. The topological polar surface area (TPSA) is 75.6 Å². The highest BCUT2D eigenvalue weighted by Crippen LogP contribution is 2.19. The lowest BCUT2D eigenvalue weighted by atomic mass is 10.2. The summed E-state index contributed by atoms with van der Waals surface area (Å²) in [6, 6.07) is 7.94. The third kappa shape index (κ3) is 4.97. The molecule has 2 heterocycles. The predicted molar refractivity (Wildman–Crippen MR) is 112 cm³/mol. The van der Waals surface area contributed by atoms with Crippen LogP contribution in [0.4, 0.5) is 5.69 Å². The number of hydrogen-bond acceptors (Lipinski definition) is 4. The molecule has 1 aromatic carbocycles. The first kappa shape index (κ1) is 19.8. The van der Waals surface area contributed by atoms with Gasteiger partial charge in [-0.1, -0.05) is 11.6 Å². The van der Waals surface area contributed by atoms with Gasteiger partial charge >= 0.3 is 0 Å². The zero-order valence-corrected chi connectivity index (χ0v) is 17.3. The molecular weight excluding hydrogens is 453 g/mol. The summed E-state index contributed by atoms with van der Waals surface area (Å²) in [5.41, 5.74) is 7.33. The first-order chi connectivity index (χ1) is 11.7. The Hall–Kier alpha value is -1.55. The van der Waals surface area contributed by atoms with E-state index in [4.69, 9.17) is 17.3 Å². The van der Waals surface area contributed by atoms with Gasteiger partial charge in [-0.15, -0.1) is 34.2 Å². The molecule has 0 amide bonds. The van der Waals surface area contributed by atoms with E-state index >= 15 is 0 Å². The molecule has 1 saturated heterocycles. The fraction of sp³-hybridized carbons (Fsp3) is 0.438. The number of aryl methyl sites for hydroxylation is 1. The normalized spacial score (nSPS) is 15.2. The Kier molecular flexibility index (Phi) is 7.30. The van der Waals surface area contributed by atoms with Crippen molar-refractivity contribution in [3.05, 3.63) is 41.4 Å². The number of halogens is 2. The number of rotatable bonds is 4. The van der Waals surface area contributed by atoms with Gasteiger partial charge in [0.2, 0.25) is 0 Å². The maximum Gasteiger partial charge on any atom is 0.191 e. The fourth-order valence-electron chi connectivity index (χ4n) is 2.76. The average Bonchev–Trinajstić information content (AvgIpc) is 3.08. The van der Waals surface area contributed by atoms with Gasteiger partial charge in [-0.25, -0.2) is 4.99 Å². The number of hydrogen-bond donors (Lipinski definition) is 1. The smallest absolute Gasteiger partial charge is 0.191 e. The number of piperazine rings is 1. The molecule has 0 atom stereocenters. The van der Waals surface area contributed by atoms with Crippen molar-refractivity contribution in [1.82, 2.24) is 19.7 Å². The van der Waals surface area contributed by atoms with E-state index in [0.717, 1.165) is 43.6 Å². The molecule has 0 saturated carbocycles. The van der Waals surface area contributed by atoms with Crippen molar-refractivity contribution in [3.8, 4) is 0 Å². The van der Waals surface area contributed by atoms with Crippen LogP contribution in [0.25, 0.3) is 0 Å². The molecule has 2 aromatic rings. The van der Waals surface area contributed by atoms with Gasteiger partial charge in [0, 0.05) is 43.4 Å². The maximum absolute atomic E-state index is 6.14. The molecule has 0 radical (unpaired) electrons. The number of aromatic nitrogens is 3. The van der Waals surface area contributed by atoms with Crippen molar-refractivity contribution >= 4 is 47.2 Å². The van der Waals surface area contributed by atoms with Crippen molar-refractivity contribution in [3.63, 3.8) is 0 Å². The van der Waals surface area contributed by atoms with Crippen LogP contribution in [0.5, 0.6) is 0 Å². The molecule has 1 aromatic heterocycles. The number of anilines is 1. The second kappa shape index (κ2) is 9.23. The van der Waals surface area contributed by atoms with Crippen LogP contribution in [-0.4, -0.2) is 51.8 Å². The van der Waals surface area contributed by atoms with E-state index in [0.29, 0.717) is 12.5 Å². The monoisotopic (exact) mass is 475 g/mol. The molecule has 7 nitrogen and oxygen atoms in total. The summed E-state index contributed by atoms with van der Waals surface area (Å²) < 4.78 is 1.97. The number of guanidine groups is 1. The Labute approximate surface area is 169 Å². The van der Waals surface area contributed by atoms with E-state index in [2.05, 4.69) is 31.9 Å². The predicted octanol–water partition coefficient (Wildman–Crippen LogP) is 2.21. The van der Waals surface area contributed by atoms with E-state index in [1.165, 1.54) is 5.69 Å². The lowest BCUT2D eigenvalue weighted by Gasteiger charge is -2.36. The summed E-state index contributed by atoms with van der Waals surface area (Å²) in [4.78, 5) is 8.91. The molecule has 0 spiro atoms. The van der Waals surface area contributed by atoms with E-state index in [1.54, 1.807) is 6.33 Å². The molecule has 0 aliphatic carbocycles. The Morgan fingerprint density at radius 2 is 1.88 bits per heavy atom. The number of aliphatic imine (C=N–C) groups is 1. The molecule has 9 heteroatoms. The summed E-state index contributed by atoms with van der Waals surface area (Å²) in [5.74, 6) is 1.40. The molecule has 0 bridgehead atoms. The van der Waals surface area contributed by atoms with Crippen LogP contribution in [0.3, 0.4) is 0 Å². The Morgan fingerprint density at radius 1 is 1.20 bits per heavy atom. The van der Waals surface area contributed by atoms with Crippen molar-refractivity contribution < 1.29 is 0 Å². The third-order valence-electron chi connectivity index (χ3n) is 4.21. The Bertz CT molecular complexity index is 693. The van der Waals surface area contributed by atoms with Crippen LogP contribution in [0.15, 0.2) is 35.6 Å². The summed E-state index contributed by atoms with van der Waals surface area (Å²) in [7, 11) is 0. The van der Waals surface area contributed by atoms with E-state index in [9.17, 15) is 0 Å². The summed E-state index contributed by atoms with van der Waals surface area (Å²) in [5, 5.41) is 8.74. The molecule has 136 valence electrons. The van der Waals surface area contributed by atoms with Crippen molar-refractivity contribution in [2.45, 2.75) is 20.0 Å². The quantitative estimate of drug-likeness (QED) is 0.417. The molecule has 3 rings (SSSR count). The van der Waals surface area contributed by atoms with Gasteiger partial charge in [-0.05, 0) is 31.2 Å². The van der Waals surface area contributed by atoms with Crippen molar-refractivity contribution in [2.75, 3.05) is 31.1 Å². The van der Waals surface area contributed by atoms with Crippen LogP contribution in [-0.2, 0) is 13.1 Å². The maximum atomic E-state index is 6.14. The zero-order valence-electron chi connectivity index (χ0n) is 14.2. The number of benzene rings is 1. The van der Waals surface area contributed by atoms with E-state index < -0.39 is 0 Å². The van der Waals surface area contributed by atoms with E-state index in [1.807, 2.05) is 28.8 Å². The van der Waals surface area contributed by atoms with Crippen molar-refractivity contribution in [1.29, 1.82) is 0 Å². The van der Waals surface area contributed by atoms with Gasteiger partial charge < -0.3 is 20.1 Å². The Balaban J connectivity index is 0.00000225. The lowest BCUT2D eigenvalue weighted by Crippen LogP contribution is -2.51. The molecule has 2 N–H and O–H groups in total.